The van der Waals surface area contributed by atoms with Gasteiger partial charge in [0, 0.05) is 18.8 Å². The third-order valence-corrected chi connectivity index (χ3v) is 2.48. The molecule has 0 radical (unpaired) electrons. The van der Waals surface area contributed by atoms with E-state index in [1.165, 1.54) is 6.33 Å². The maximum absolute atomic E-state index is 12.0. The van der Waals surface area contributed by atoms with Crippen molar-refractivity contribution < 1.29 is 4.79 Å². The molecule has 20 heavy (non-hydrogen) atoms. The van der Waals surface area contributed by atoms with Crippen LogP contribution in [0, 0.1) is 0 Å². The lowest BCUT2D eigenvalue weighted by Gasteiger charge is -2.06. The van der Waals surface area contributed by atoms with Crippen LogP contribution in [0.15, 0.2) is 49.4 Å². The molecule has 0 aliphatic carbocycles. The number of aromatic nitrogens is 3. The van der Waals surface area contributed by atoms with Gasteiger partial charge in [0.1, 0.15) is 17.8 Å². The molecule has 6 heteroatoms. The smallest absolute Gasteiger partial charge is 0.270 e. The van der Waals surface area contributed by atoms with Crippen LogP contribution >= 0.6 is 0 Å². The fraction of sp³-hybridized carbons (Fsp3) is 0.143. The molecule has 2 N–H and O–H groups in total. The zero-order valence-electron chi connectivity index (χ0n) is 10.9. The molecule has 0 atom stereocenters. The Labute approximate surface area is 117 Å². The number of anilines is 1. The minimum absolute atomic E-state index is 0.264. The topological polar surface area (TPSA) is 79.8 Å². The zero-order chi connectivity index (χ0) is 14.2. The Bertz CT molecular complexity index is 585. The van der Waals surface area contributed by atoms with E-state index in [2.05, 4.69) is 32.2 Å². The molecule has 0 aromatic carbocycles. The standard InChI is InChI=1S/C14H15N5O/c1-2-6-16-13-8-12(18-10-19-13)14(20)17-9-11-5-3-4-7-15-11/h2-5,7-8,10H,1,6,9H2,(H,17,20)(H,16,18,19). The highest BCUT2D eigenvalue weighted by molar-refractivity contribution is 5.92. The van der Waals surface area contributed by atoms with Crippen LogP contribution in [-0.4, -0.2) is 27.4 Å². The van der Waals surface area contributed by atoms with Crippen LogP contribution in [0.3, 0.4) is 0 Å². The number of nitrogens with zero attached hydrogens (tertiary/aromatic N) is 3. The van der Waals surface area contributed by atoms with E-state index in [1.807, 2.05) is 18.2 Å². The molecule has 1 amide bonds. The van der Waals surface area contributed by atoms with Crippen molar-refractivity contribution in [1.29, 1.82) is 0 Å². The Morgan fingerprint density at radius 2 is 2.20 bits per heavy atom. The summed E-state index contributed by atoms with van der Waals surface area (Å²) in [6, 6.07) is 7.14. The number of hydrogen-bond donors (Lipinski definition) is 2. The second-order valence-corrected chi connectivity index (χ2v) is 3.96. The maximum Gasteiger partial charge on any atom is 0.270 e. The first-order valence-electron chi connectivity index (χ1n) is 6.14. The monoisotopic (exact) mass is 269 g/mol. The van der Waals surface area contributed by atoms with Gasteiger partial charge in [-0.15, -0.1) is 6.58 Å². The van der Waals surface area contributed by atoms with Gasteiger partial charge in [0.2, 0.25) is 0 Å². The highest BCUT2D eigenvalue weighted by atomic mass is 16.1. The summed E-state index contributed by atoms with van der Waals surface area (Å²) < 4.78 is 0. The summed E-state index contributed by atoms with van der Waals surface area (Å²) >= 11 is 0. The second-order valence-electron chi connectivity index (χ2n) is 3.96. The van der Waals surface area contributed by atoms with E-state index < -0.39 is 0 Å². The molecule has 6 nitrogen and oxygen atoms in total. The Balaban J connectivity index is 1.96. The molecule has 0 aliphatic heterocycles. The van der Waals surface area contributed by atoms with Crippen LogP contribution in [0.1, 0.15) is 16.2 Å². The van der Waals surface area contributed by atoms with E-state index in [-0.39, 0.29) is 5.91 Å². The first kappa shape index (κ1) is 13.7. The van der Waals surface area contributed by atoms with Crippen molar-refractivity contribution in [3.63, 3.8) is 0 Å². The molecule has 2 rings (SSSR count). The van der Waals surface area contributed by atoms with Gasteiger partial charge < -0.3 is 10.6 Å². The first-order valence-corrected chi connectivity index (χ1v) is 6.14. The van der Waals surface area contributed by atoms with Crippen molar-refractivity contribution in [3.8, 4) is 0 Å². The van der Waals surface area contributed by atoms with E-state index in [1.54, 1.807) is 18.3 Å². The Morgan fingerprint density at radius 3 is 2.95 bits per heavy atom. The Morgan fingerprint density at radius 1 is 1.30 bits per heavy atom. The van der Waals surface area contributed by atoms with E-state index in [0.717, 1.165) is 5.69 Å². The van der Waals surface area contributed by atoms with Gasteiger partial charge in [0.25, 0.3) is 5.91 Å². The summed E-state index contributed by atoms with van der Waals surface area (Å²) in [6.45, 7) is 4.54. The predicted molar refractivity (Wildman–Crippen MR) is 76.1 cm³/mol. The summed E-state index contributed by atoms with van der Waals surface area (Å²) in [7, 11) is 0. The third kappa shape index (κ3) is 3.88. The molecule has 0 saturated heterocycles. The van der Waals surface area contributed by atoms with Gasteiger partial charge in [-0.1, -0.05) is 12.1 Å². The number of hydrogen-bond acceptors (Lipinski definition) is 5. The molecule has 0 unspecified atom stereocenters. The molecule has 0 aliphatic rings. The fourth-order valence-electron chi connectivity index (χ4n) is 1.52. The van der Waals surface area contributed by atoms with E-state index in [0.29, 0.717) is 24.6 Å². The van der Waals surface area contributed by atoms with Gasteiger partial charge in [0.15, 0.2) is 0 Å². The molecule has 2 aromatic heterocycles. The summed E-state index contributed by atoms with van der Waals surface area (Å²) in [5.74, 6) is 0.322. The van der Waals surface area contributed by atoms with Crippen LogP contribution in [0.2, 0.25) is 0 Å². The Kier molecular flexibility index (Phi) is 4.77. The number of carbonyl (C=O) groups is 1. The SMILES string of the molecule is C=CCNc1cc(C(=O)NCc2ccccn2)ncn1. The lowest BCUT2D eigenvalue weighted by Crippen LogP contribution is -2.24. The van der Waals surface area contributed by atoms with E-state index in [9.17, 15) is 4.79 Å². The van der Waals surface area contributed by atoms with Crippen molar-refractivity contribution in [1.82, 2.24) is 20.3 Å². The largest absolute Gasteiger partial charge is 0.366 e. The molecular formula is C14H15N5O. The molecule has 0 saturated carbocycles. The minimum Gasteiger partial charge on any atom is -0.366 e. The Hall–Kier alpha value is -2.76. The first-order chi connectivity index (χ1) is 9.79. The number of pyridine rings is 1. The van der Waals surface area contributed by atoms with E-state index in [4.69, 9.17) is 0 Å². The van der Waals surface area contributed by atoms with Crippen LogP contribution < -0.4 is 10.6 Å². The third-order valence-electron chi connectivity index (χ3n) is 2.48. The lowest BCUT2D eigenvalue weighted by molar-refractivity contribution is 0.0945. The summed E-state index contributed by atoms with van der Waals surface area (Å²) in [4.78, 5) is 24.1. The highest BCUT2D eigenvalue weighted by Crippen LogP contribution is 2.04. The van der Waals surface area contributed by atoms with Crippen LogP contribution in [0.4, 0.5) is 5.82 Å². The van der Waals surface area contributed by atoms with Gasteiger partial charge in [-0.2, -0.15) is 0 Å². The van der Waals surface area contributed by atoms with Crippen molar-refractivity contribution in [2.75, 3.05) is 11.9 Å². The average Bonchev–Trinajstić information content (AvgIpc) is 2.52. The van der Waals surface area contributed by atoms with Gasteiger partial charge in [-0.3, -0.25) is 9.78 Å². The highest BCUT2D eigenvalue weighted by Gasteiger charge is 2.08. The van der Waals surface area contributed by atoms with Crippen LogP contribution in [-0.2, 0) is 6.54 Å². The maximum atomic E-state index is 12.0. The number of amides is 1. The van der Waals surface area contributed by atoms with E-state index >= 15 is 0 Å². The van der Waals surface area contributed by atoms with Crippen molar-refractivity contribution >= 4 is 11.7 Å². The molecule has 2 heterocycles. The van der Waals surface area contributed by atoms with Gasteiger partial charge >= 0.3 is 0 Å². The molecule has 0 bridgehead atoms. The van der Waals surface area contributed by atoms with Crippen LogP contribution in [0.5, 0.6) is 0 Å². The fourth-order valence-corrected chi connectivity index (χ4v) is 1.52. The lowest BCUT2D eigenvalue weighted by atomic mass is 10.3. The molecular weight excluding hydrogens is 254 g/mol. The second kappa shape index (κ2) is 6.98. The number of nitrogens with one attached hydrogen (secondary N) is 2. The average molecular weight is 269 g/mol. The molecule has 102 valence electrons. The summed E-state index contributed by atoms with van der Waals surface area (Å²) in [6.07, 6.45) is 4.74. The van der Waals surface area contributed by atoms with Crippen LogP contribution in [0.25, 0.3) is 0 Å². The normalized spacial score (nSPS) is 9.80. The van der Waals surface area contributed by atoms with Crippen molar-refractivity contribution in [2.45, 2.75) is 6.54 Å². The van der Waals surface area contributed by atoms with Crippen molar-refractivity contribution in [2.24, 2.45) is 0 Å². The summed E-state index contributed by atoms with van der Waals surface area (Å²) in [5, 5.41) is 5.76. The minimum atomic E-state index is -0.264. The van der Waals surface area contributed by atoms with Crippen molar-refractivity contribution in [3.05, 3.63) is 60.8 Å². The van der Waals surface area contributed by atoms with Gasteiger partial charge in [-0.05, 0) is 12.1 Å². The quantitative estimate of drug-likeness (QED) is 0.775. The molecule has 0 fully saturated rings. The molecule has 0 spiro atoms. The molecule has 2 aromatic rings. The predicted octanol–water partition coefficient (Wildman–Crippen LogP) is 1.40. The number of carbonyl (C=O) groups excluding carboxylic acids is 1. The van der Waals surface area contributed by atoms with Gasteiger partial charge in [0.05, 0.1) is 12.2 Å². The summed E-state index contributed by atoms with van der Waals surface area (Å²) in [5.41, 5.74) is 1.10. The van der Waals surface area contributed by atoms with Gasteiger partial charge in [-0.25, -0.2) is 9.97 Å². The zero-order valence-corrected chi connectivity index (χ0v) is 10.9. The number of rotatable bonds is 6.